The molecule has 1 heterocycles. The number of nitrogens with zero attached hydrogens (tertiary/aromatic N) is 1. The van der Waals surface area contributed by atoms with Gasteiger partial charge in [-0.3, -0.25) is 0 Å². The van der Waals surface area contributed by atoms with Crippen molar-refractivity contribution >= 4 is 6.09 Å². The quantitative estimate of drug-likeness (QED) is 0.528. The Bertz CT molecular complexity index is 165. The van der Waals surface area contributed by atoms with Gasteiger partial charge in [0.15, 0.2) is 0 Å². The molecule has 1 rings (SSSR count). The minimum absolute atomic E-state index is 0.0868. The molecule has 11 heavy (non-hydrogen) atoms. The molecule has 3 N–H and O–H groups in total. The monoisotopic (exact) mass is 162 g/mol. The minimum Gasteiger partial charge on any atom is -0.465 e. The zero-order valence-corrected chi connectivity index (χ0v) is 6.03. The highest BCUT2D eigenvalue weighted by Crippen LogP contribution is 2.11. The molecule has 64 valence electrons. The lowest BCUT2D eigenvalue weighted by Gasteiger charge is -2.30. The first-order chi connectivity index (χ1) is 5.11. The van der Waals surface area contributed by atoms with E-state index in [4.69, 9.17) is 10.8 Å². The largest absolute Gasteiger partial charge is 0.465 e. The van der Waals surface area contributed by atoms with Crippen LogP contribution in [0.1, 0.15) is 6.42 Å². The van der Waals surface area contributed by atoms with Crippen molar-refractivity contribution in [3.63, 3.8) is 0 Å². The summed E-state index contributed by atoms with van der Waals surface area (Å²) in [6.45, 7) is 0.257. The van der Waals surface area contributed by atoms with E-state index in [1.54, 1.807) is 0 Å². The molecule has 0 aliphatic carbocycles. The zero-order chi connectivity index (χ0) is 8.43. The van der Waals surface area contributed by atoms with E-state index in [0.717, 1.165) is 4.90 Å². The zero-order valence-electron chi connectivity index (χ0n) is 6.03. The molecule has 0 aromatic carbocycles. The molecule has 1 aliphatic rings. The van der Waals surface area contributed by atoms with Crippen LogP contribution in [0.3, 0.4) is 0 Å². The second-order valence-electron chi connectivity index (χ2n) is 2.70. The van der Waals surface area contributed by atoms with Gasteiger partial charge in [0.25, 0.3) is 0 Å². The number of piperidine rings is 1. The van der Waals surface area contributed by atoms with E-state index in [9.17, 15) is 9.18 Å². The highest BCUT2D eigenvalue weighted by molar-refractivity contribution is 5.65. The van der Waals surface area contributed by atoms with E-state index in [0.29, 0.717) is 13.0 Å². The van der Waals surface area contributed by atoms with Gasteiger partial charge >= 0.3 is 6.09 Å². The number of nitrogens with two attached hydrogens (primary N) is 1. The van der Waals surface area contributed by atoms with Gasteiger partial charge in [0, 0.05) is 12.6 Å². The first-order valence-corrected chi connectivity index (χ1v) is 3.49. The summed E-state index contributed by atoms with van der Waals surface area (Å²) in [5, 5.41) is 8.46. The molecule has 0 saturated carbocycles. The molecular formula is C6H11FN2O2. The molecule has 0 aromatic heterocycles. The molecule has 1 unspecified atom stereocenters. The van der Waals surface area contributed by atoms with Crippen LogP contribution in [0, 0.1) is 0 Å². The smallest absolute Gasteiger partial charge is 0.407 e. The number of carboxylic acid groups (broad SMARTS) is 1. The average Bonchev–Trinajstić information content (AvgIpc) is 1.94. The number of halogens is 1. The van der Waals surface area contributed by atoms with Crippen LogP contribution in [-0.4, -0.2) is 41.4 Å². The van der Waals surface area contributed by atoms with Crippen LogP contribution in [-0.2, 0) is 0 Å². The second-order valence-corrected chi connectivity index (χ2v) is 2.70. The predicted molar refractivity (Wildman–Crippen MR) is 37.1 cm³/mol. The van der Waals surface area contributed by atoms with Gasteiger partial charge in [0.05, 0.1) is 6.54 Å². The van der Waals surface area contributed by atoms with Crippen LogP contribution in [0.15, 0.2) is 0 Å². The summed E-state index contributed by atoms with van der Waals surface area (Å²) in [4.78, 5) is 11.4. The SMILES string of the molecule is NC1CCN(C(=O)O)C[C@H]1F. The van der Waals surface area contributed by atoms with Gasteiger partial charge in [-0.2, -0.15) is 0 Å². The lowest BCUT2D eigenvalue weighted by Crippen LogP contribution is -2.50. The maximum atomic E-state index is 12.8. The summed E-state index contributed by atoms with van der Waals surface area (Å²) in [6.07, 6.45) is -1.87. The topological polar surface area (TPSA) is 66.6 Å². The van der Waals surface area contributed by atoms with Gasteiger partial charge in [-0.15, -0.1) is 0 Å². The Morgan fingerprint density at radius 2 is 2.36 bits per heavy atom. The van der Waals surface area contributed by atoms with Crippen molar-refractivity contribution in [1.29, 1.82) is 0 Å². The van der Waals surface area contributed by atoms with Crippen LogP contribution >= 0.6 is 0 Å². The third-order valence-electron chi connectivity index (χ3n) is 1.86. The lowest BCUT2D eigenvalue weighted by molar-refractivity contribution is 0.0976. The van der Waals surface area contributed by atoms with E-state index < -0.39 is 18.3 Å². The first-order valence-electron chi connectivity index (χ1n) is 3.49. The van der Waals surface area contributed by atoms with E-state index in [1.807, 2.05) is 0 Å². The summed E-state index contributed by atoms with van der Waals surface area (Å²) >= 11 is 0. The standard InChI is InChI=1S/C6H11FN2O2/c7-4-3-9(6(10)11)2-1-5(4)8/h4-5H,1-3,8H2,(H,10,11)/t4-,5?/m1/s1. The van der Waals surface area contributed by atoms with Gasteiger partial charge in [0.1, 0.15) is 6.17 Å². The summed E-state index contributed by atoms with van der Waals surface area (Å²) in [6, 6.07) is -0.495. The fraction of sp³-hybridized carbons (Fsp3) is 0.833. The van der Waals surface area contributed by atoms with Crippen LogP contribution in [0.4, 0.5) is 9.18 Å². The number of likely N-dealkylation sites (tertiary alicyclic amines) is 1. The molecule has 0 radical (unpaired) electrons. The van der Waals surface area contributed by atoms with Gasteiger partial charge in [-0.1, -0.05) is 0 Å². The molecule has 2 atom stereocenters. The molecule has 5 heteroatoms. The Morgan fingerprint density at radius 1 is 1.73 bits per heavy atom. The molecule has 1 aliphatic heterocycles. The van der Waals surface area contributed by atoms with Crippen molar-refractivity contribution in [3.8, 4) is 0 Å². The summed E-state index contributed by atoms with van der Waals surface area (Å²) in [7, 11) is 0. The first kappa shape index (κ1) is 8.26. The second kappa shape index (κ2) is 3.04. The normalized spacial score (nSPS) is 32.0. The van der Waals surface area contributed by atoms with Crippen molar-refractivity contribution in [3.05, 3.63) is 0 Å². The van der Waals surface area contributed by atoms with Gasteiger partial charge in [-0.25, -0.2) is 9.18 Å². The maximum absolute atomic E-state index is 12.8. The molecule has 0 bridgehead atoms. The molecule has 1 amide bonds. The molecule has 0 spiro atoms. The summed E-state index contributed by atoms with van der Waals surface area (Å²) in [5.74, 6) is 0. The van der Waals surface area contributed by atoms with Crippen LogP contribution in [0.5, 0.6) is 0 Å². The van der Waals surface area contributed by atoms with Crippen molar-refractivity contribution in [1.82, 2.24) is 4.90 Å². The minimum atomic E-state index is -1.21. The molecule has 1 fully saturated rings. The molecule has 4 nitrogen and oxygen atoms in total. The highest BCUT2D eigenvalue weighted by Gasteiger charge is 2.28. The number of alkyl halides is 1. The van der Waals surface area contributed by atoms with E-state index in [-0.39, 0.29) is 6.54 Å². The third kappa shape index (κ3) is 1.80. The Hall–Kier alpha value is -0.840. The third-order valence-corrected chi connectivity index (χ3v) is 1.86. The number of hydrogen-bond acceptors (Lipinski definition) is 2. The Labute approximate surface area is 63.8 Å². The van der Waals surface area contributed by atoms with Crippen LogP contribution in [0.25, 0.3) is 0 Å². The van der Waals surface area contributed by atoms with Gasteiger partial charge < -0.3 is 15.7 Å². The lowest BCUT2D eigenvalue weighted by atomic mass is 10.1. The van der Waals surface area contributed by atoms with E-state index >= 15 is 0 Å². The Kier molecular flexibility index (Phi) is 2.28. The van der Waals surface area contributed by atoms with Crippen molar-refractivity contribution in [2.45, 2.75) is 18.6 Å². The highest BCUT2D eigenvalue weighted by atomic mass is 19.1. The van der Waals surface area contributed by atoms with Crippen molar-refractivity contribution < 1.29 is 14.3 Å². The predicted octanol–water partition coefficient (Wildman–Crippen LogP) is 0.0355. The molecule has 0 aromatic rings. The maximum Gasteiger partial charge on any atom is 0.407 e. The van der Waals surface area contributed by atoms with Gasteiger partial charge in [-0.05, 0) is 6.42 Å². The summed E-state index contributed by atoms with van der Waals surface area (Å²) in [5.41, 5.74) is 5.35. The Morgan fingerprint density at radius 3 is 2.82 bits per heavy atom. The number of carbonyl (C=O) groups is 1. The van der Waals surface area contributed by atoms with Crippen molar-refractivity contribution in [2.24, 2.45) is 5.73 Å². The number of hydrogen-bond donors (Lipinski definition) is 2. The molecular weight excluding hydrogens is 151 g/mol. The molecule has 1 saturated heterocycles. The van der Waals surface area contributed by atoms with E-state index in [1.165, 1.54) is 0 Å². The fourth-order valence-corrected chi connectivity index (χ4v) is 1.10. The van der Waals surface area contributed by atoms with Crippen LogP contribution in [0.2, 0.25) is 0 Å². The summed E-state index contributed by atoms with van der Waals surface area (Å²) < 4.78 is 12.8. The van der Waals surface area contributed by atoms with E-state index in [2.05, 4.69) is 0 Å². The average molecular weight is 162 g/mol. The fourth-order valence-electron chi connectivity index (χ4n) is 1.10. The van der Waals surface area contributed by atoms with Gasteiger partial charge in [0.2, 0.25) is 0 Å². The Balaban J connectivity index is 2.46. The number of rotatable bonds is 0. The van der Waals surface area contributed by atoms with Crippen molar-refractivity contribution in [2.75, 3.05) is 13.1 Å². The number of amides is 1. The van der Waals surface area contributed by atoms with Crippen LogP contribution < -0.4 is 5.73 Å².